The molecule has 7 rings (SSSR count). The number of carbonyl (C=O) groups excluding carboxylic acids is 1. The van der Waals surface area contributed by atoms with Crippen LogP contribution in [0.25, 0.3) is 10.8 Å². The van der Waals surface area contributed by atoms with Crippen molar-refractivity contribution in [2.45, 2.75) is 59.7 Å². The van der Waals surface area contributed by atoms with Gasteiger partial charge in [-0.05, 0) is 35.7 Å². The molecule has 0 atom stereocenters. The van der Waals surface area contributed by atoms with Crippen LogP contribution in [0.3, 0.4) is 0 Å². The maximum Gasteiger partial charge on any atom is 0.416 e. The molecule has 0 saturated heterocycles. The number of alkyl halides is 27. The van der Waals surface area contributed by atoms with E-state index >= 15 is 0 Å². The molecular weight excluding hydrogens is 1200 g/mol. The Kier molecular flexibility index (Phi) is 16.9. The number of ketones is 1. The van der Waals surface area contributed by atoms with E-state index in [2.05, 4.69) is 0 Å². The quantitative estimate of drug-likeness (QED) is 0.0512. The van der Waals surface area contributed by atoms with Crippen molar-refractivity contribution < 1.29 is 115 Å². The summed E-state index contributed by atoms with van der Waals surface area (Å²) in [6.07, 6.45) is -53.0. The molecule has 0 spiro atoms. The van der Waals surface area contributed by atoms with Gasteiger partial charge in [0.1, 0.15) is 6.15 Å². The number of benzene rings is 6. The molecular formula is C50H25BCl3F24NO. The molecule has 0 fully saturated rings. The van der Waals surface area contributed by atoms with Gasteiger partial charge in [0, 0.05) is 11.6 Å². The third-order valence-electron chi connectivity index (χ3n) is 12.1. The van der Waals surface area contributed by atoms with Crippen LogP contribution < -0.4 is 26.4 Å². The Balaban J connectivity index is 0.000000370. The van der Waals surface area contributed by atoms with Crippen LogP contribution in [0.5, 0.6) is 0 Å². The van der Waals surface area contributed by atoms with Gasteiger partial charge < -0.3 is 0 Å². The van der Waals surface area contributed by atoms with Crippen molar-refractivity contribution in [1.29, 1.82) is 0 Å². The van der Waals surface area contributed by atoms with E-state index in [9.17, 15) is 110 Å². The van der Waals surface area contributed by atoms with E-state index in [1.807, 2.05) is 48.5 Å². The molecule has 80 heavy (non-hydrogen) atoms. The summed E-state index contributed by atoms with van der Waals surface area (Å²) in [5.41, 5.74) is -29.1. The van der Waals surface area contributed by atoms with Gasteiger partial charge in [0.2, 0.25) is 18.0 Å². The highest BCUT2D eigenvalue weighted by Crippen LogP contribution is 2.43. The lowest BCUT2D eigenvalue weighted by Crippen LogP contribution is -2.75. The van der Waals surface area contributed by atoms with E-state index in [1.54, 1.807) is 22.9 Å². The lowest BCUT2D eigenvalue weighted by Gasteiger charge is -2.46. The first-order valence-corrected chi connectivity index (χ1v) is 22.8. The van der Waals surface area contributed by atoms with Crippen molar-refractivity contribution >= 4 is 79.4 Å². The lowest BCUT2D eigenvalue weighted by atomic mass is 9.12. The predicted molar refractivity (Wildman–Crippen MR) is 244 cm³/mol. The van der Waals surface area contributed by atoms with E-state index in [1.165, 1.54) is 0 Å². The number of nitrogens with zero attached hydrogens (tertiary/aromatic N) is 1. The highest BCUT2D eigenvalue weighted by Gasteiger charge is 2.47. The van der Waals surface area contributed by atoms with Gasteiger partial charge in [-0.3, -0.25) is 4.79 Å². The molecule has 6 aromatic carbocycles. The molecule has 0 aliphatic rings. The van der Waals surface area contributed by atoms with Gasteiger partial charge >= 0.3 is 49.4 Å². The summed E-state index contributed by atoms with van der Waals surface area (Å²) in [6.45, 7) is 0.109. The van der Waals surface area contributed by atoms with Crippen LogP contribution in [-0.2, 0) is 59.7 Å². The van der Waals surface area contributed by atoms with Crippen molar-refractivity contribution in [3.05, 3.63) is 195 Å². The van der Waals surface area contributed by atoms with Crippen LogP contribution in [-0.4, -0.2) is 11.9 Å². The SMILES string of the molecule is FC(F)(F)c1cc([B-](c2cc(C(F)(F)F)cc(C(F)(F)F)c2)(c2cc(C(F)(F)F)cc(C(F)(F)F)c2)c2cc(C(F)(F)F)cc(C(F)(F)F)c2)cc(C(F)(F)F)c1.O=C(C[n+]1ccc2ccccc2c1C(Cl)(Cl)Cl)c1ccccc1. The number of rotatable bonds is 7. The summed E-state index contributed by atoms with van der Waals surface area (Å²) in [6, 6.07) is 9.81. The summed E-state index contributed by atoms with van der Waals surface area (Å²) in [5.74, 6) is -0.0404. The predicted octanol–water partition coefficient (Wildman–Crippen LogP) is 16.1. The number of pyridine rings is 1. The van der Waals surface area contributed by atoms with Gasteiger partial charge in [0.05, 0.1) is 49.9 Å². The van der Waals surface area contributed by atoms with E-state index in [-0.39, 0.29) is 12.3 Å². The molecule has 0 aliphatic heterocycles. The zero-order chi connectivity index (χ0) is 60.4. The van der Waals surface area contributed by atoms with Gasteiger partial charge in [-0.1, -0.05) is 132 Å². The van der Waals surface area contributed by atoms with Crippen molar-refractivity contribution in [2.75, 3.05) is 0 Å². The van der Waals surface area contributed by atoms with Crippen LogP contribution >= 0.6 is 34.8 Å². The first-order chi connectivity index (χ1) is 36.2. The van der Waals surface area contributed by atoms with Crippen LogP contribution in [0.4, 0.5) is 105 Å². The Hall–Kier alpha value is -6.35. The number of aromatic nitrogens is 1. The number of carbonyl (C=O) groups is 1. The molecule has 0 unspecified atom stereocenters. The molecule has 0 amide bonds. The average Bonchev–Trinajstić information content (AvgIpc) is 3.32. The first-order valence-electron chi connectivity index (χ1n) is 21.7. The van der Waals surface area contributed by atoms with Gasteiger partial charge in [-0.15, -0.1) is 0 Å². The second kappa shape index (κ2) is 21.5. The molecule has 0 bridgehead atoms. The molecule has 30 heteroatoms. The third kappa shape index (κ3) is 14.0. The topological polar surface area (TPSA) is 20.9 Å². The van der Waals surface area contributed by atoms with Crippen LogP contribution in [0.15, 0.2) is 140 Å². The Morgan fingerprint density at radius 1 is 0.362 bits per heavy atom. The molecule has 0 radical (unpaired) electrons. The molecule has 2 nitrogen and oxygen atoms in total. The largest absolute Gasteiger partial charge is 0.416 e. The number of hydrogen-bond acceptors (Lipinski definition) is 1. The summed E-state index contributed by atoms with van der Waals surface area (Å²) in [4.78, 5) is 12.5. The average molecular weight is 1230 g/mol. The maximum absolute atomic E-state index is 14.2. The number of halogens is 27. The highest BCUT2D eigenvalue weighted by molar-refractivity contribution is 7.20. The Labute approximate surface area is 448 Å². The highest BCUT2D eigenvalue weighted by atomic mass is 35.6. The molecule has 0 saturated carbocycles. The minimum Gasteiger partial charge on any atom is -0.287 e. The standard InChI is InChI=1S/C32H12BF24.C18H13Cl3NO/c34-25(35,36)13-1-14(26(37,38)39)6-21(5-13)33(22-7-15(27(40,41)42)2-16(8-22)28(43,44)45,23-9-17(29(46,47)48)3-18(10-23)30(49,50)51)24-11-19(31(52,53)54)4-20(12-24)32(55,56)57;19-18(20,21)17-15-9-5-4-6-13(15)10-11-22(17)12-16(23)14-7-2-1-3-8-14/h1-12H;1-11H,12H2/q-1;+1. The summed E-state index contributed by atoms with van der Waals surface area (Å²) in [5, 5.41) is 1.77. The molecule has 428 valence electrons. The summed E-state index contributed by atoms with van der Waals surface area (Å²) in [7, 11) is 0. The normalized spacial score (nSPS) is 13.5. The van der Waals surface area contributed by atoms with E-state index < -0.39 is 199 Å². The second-order valence-corrected chi connectivity index (χ2v) is 19.7. The Morgan fingerprint density at radius 2 is 0.625 bits per heavy atom. The van der Waals surface area contributed by atoms with Crippen LogP contribution in [0.2, 0.25) is 0 Å². The smallest absolute Gasteiger partial charge is 0.287 e. The minimum atomic E-state index is -6.13. The van der Waals surface area contributed by atoms with E-state index in [0.29, 0.717) is 11.3 Å². The first kappa shape index (κ1) is 62.8. The zero-order valence-electron chi connectivity index (χ0n) is 38.6. The van der Waals surface area contributed by atoms with Crippen molar-refractivity contribution in [1.82, 2.24) is 0 Å². The van der Waals surface area contributed by atoms with Crippen LogP contribution in [0.1, 0.15) is 60.6 Å². The molecule has 7 aromatic rings. The van der Waals surface area contributed by atoms with E-state index in [0.717, 1.165) is 10.8 Å². The Bertz CT molecular complexity index is 2990. The third-order valence-corrected chi connectivity index (χ3v) is 12.6. The number of Topliss-reactive ketones (excluding diaryl/α,β-unsaturated/α-hetero) is 1. The minimum absolute atomic E-state index is 0.0404. The van der Waals surface area contributed by atoms with Gasteiger partial charge in [0.25, 0.3) is 3.79 Å². The monoisotopic (exact) mass is 1230 g/mol. The van der Waals surface area contributed by atoms with Crippen LogP contribution in [0, 0.1) is 0 Å². The van der Waals surface area contributed by atoms with Crippen molar-refractivity contribution in [2.24, 2.45) is 0 Å². The maximum atomic E-state index is 14.2. The summed E-state index contributed by atoms with van der Waals surface area (Å²) >= 11 is 18.5. The fourth-order valence-corrected chi connectivity index (χ4v) is 9.28. The molecule has 0 N–H and O–H groups in total. The molecule has 1 heterocycles. The lowest BCUT2D eigenvalue weighted by molar-refractivity contribution is -0.689. The van der Waals surface area contributed by atoms with Gasteiger partial charge in [0.15, 0.2) is 6.20 Å². The van der Waals surface area contributed by atoms with Gasteiger partial charge in [-0.25, -0.2) is 0 Å². The Morgan fingerprint density at radius 3 is 0.887 bits per heavy atom. The van der Waals surface area contributed by atoms with Crippen molar-refractivity contribution in [3.8, 4) is 0 Å². The second-order valence-electron chi connectivity index (χ2n) is 17.4. The number of hydrogen-bond donors (Lipinski definition) is 0. The molecule has 0 aliphatic carbocycles. The van der Waals surface area contributed by atoms with E-state index in [4.69, 9.17) is 34.8 Å². The fourth-order valence-electron chi connectivity index (χ4n) is 8.65. The fraction of sp³-hybridized carbons (Fsp3) is 0.200. The molecule has 1 aromatic heterocycles. The zero-order valence-corrected chi connectivity index (χ0v) is 40.9. The summed E-state index contributed by atoms with van der Waals surface area (Å²) < 4.78 is 341. The number of fused-ring (bicyclic) bond motifs is 1. The van der Waals surface area contributed by atoms with Gasteiger partial charge in [-0.2, -0.15) is 132 Å². The van der Waals surface area contributed by atoms with Crippen molar-refractivity contribution in [3.63, 3.8) is 0 Å².